The van der Waals surface area contributed by atoms with Crippen LogP contribution in [0.25, 0.3) is 0 Å². The van der Waals surface area contributed by atoms with Gasteiger partial charge in [-0.25, -0.2) is 0 Å². The topological polar surface area (TPSA) is 3.24 Å². The minimum atomic E-state index is 1.03. The molecule has 1 nitrogen and oxygen atoms in total. The van der Waals surface area contributed by atoms with Crippen LogP contribution in [-0.2, 0) is 0 Å². The lowest BCUT2D eigenvalue weighted by molar-refractivity contribution is 0.519. The Morgan fingerprint density at radius 1 is 1.62 bits per heavy atom. The van der Waals surface area contributed by atoms with Crippen LogP contribution in [0.5, 0.6) is 0 Å². The SMILES string of the molecule is C=C(CSC)N(C)C. The smallest absolute Gasteiger partial charge is 0.0325 e. The number of rotatable bonds is 3. The van der Waals surface area contributed by atoms with Gasteiger partial charge in [-0.05, 0) is 6.26 Å². The Morgan fingerprint density at radius 3 is 2.25 bits per heavy atom. The largest absolute Gasteiger partial charge is 0.381 e. The van der Waals surface area contributed by atoms with Crippen molar-refractivity contribution >= 4 is 11.8 Å². The Kier molecular flexibility index (Phi) is 3.79. The Labute approximate surface area is 55.8 Å². The van der Waals surface area contributed by atoms with Gasteiger partial charge in [-0.15, -0.1) is 0 Å². The van der Waals surface area contributed by atoms with Crippen molar-refractivity contribution in [3.05, 3.63) is 12.3 Å². The monoisotopic (exact) mass is 131 g/mol. The molecular weight excluding hydrogens is 118 g/mol. The first kappa shape index (κ1) is 7.89. The minimum absolute atomic E-state index is 1.03. The molecule has 0 spiro atoms. The van der Waals surface area contributed by atoms with E-state index in [0.29, 0.717) is 0 Å². The van der Waals surface area contributed by atoms with Gasteiger partial charge in [-0.1, -0.05) is 6.58 Å². The lowest BCUT2D eigenvalue weighted by Crippen LogP contribution is -2.11. The lowest BCUT2D eigenvalue weighted by Gasteiger charge is -2.13. The van der Waals surface area contributed by atoms with E-state index in [2.05, 4.69) is 12.8 Å². The zero-order chi connectivity index (χ0) is 6.57. The molecule has 0 rings (SSSR count). The van der Waals surface area contributed by atoms with Crippen LogP contribution in [-0.4, -0.2) is 31.0 Å². The average Bonchev–Trinajstić information content (AvgIpc) is 1.67. The van der Waals surface area contributed by atoms with Crippen molar-refractivity contribution < 1.29 is 0 Å². The van der Waals surface area contributed by atoms with Gasteiger partial charge in [-0.2, -0.15) is 11.8 Å². The standard InChI is InChI=1S/C6H13NS/c1-6(5-8-4)7(2)3/h1,5H2,2-4H3. The molecule has 0 N–H and O–H groups in total. The number of hydrogen-bond acceptors (Lipinski definition) is 2. The second kappa shape index (κ2) is 3.84. The van der Waals surface area contributed by atoms with Crippen molar-refractivity contribution in [2.75, 3.05) is 26.1 Å². The van der Waals surface area contributed by atoms with Gasteiger partial charge >= 0.3 is 0 Å². The molecule has 0 bridgehead atoms. The fourth-order valence-corrected chi connectivity index (χ4v) is 0.887. The molecule has 0 aliphatic rings. The normalized spacial score (nSPS) is 8.88. The summed E-state index contributed by atoms with van der Waals surface area (Å²) < 4.78 is 0. The van der Waals surface area contributed by atoms with Gasteiger partial charge in [0.05, 0.1) is 0 Å². The number of nitrogens with zero attached hydrogens (tertiary/aromatic N) is 1. The molecule has 0 saturated carbocycles. The molecule has 0 saturated heterocycles. The van der Waals surface area contributed by atoms with Gasteiger partial charge in [0.25, 0.3) is 0 Å². The summed E-state index contributed by atoms with van der Waals surface area (Å²) in [4.78, 5) is 2.04. The van der Waals surface area contributed by atoms with Crippen molar-refractivity contribution in [3.63, 3.8) is 0 Å². The summed E-state index contributed by atoms with van der Waals surface area (Å²) in [5.41, 5.74) is 1.18. The van der Waals surface area contributed by atoms with Crippen LogP contribution >= 0.6 is 11.8 Å². The molecule has 48 valence electrons. The zero-order valence-electron chi connectivity index (χ0n) is 5.77. The van der Waals surface area contributed by atoms with Crippen LogP contribution in [0.15, 0.2) is 12.3 Å². The Balaban J connectivity index is 3.33. The van der Waals surface area contributed by atoms with Gasteiger partial charge < -0.3 is 4.90 Å². The maximum atomic E-state index is 3.85. The fourth-order valence-electron chi connectivity index (χ4n) is 0.296. The predicted octanol–water partition coefficient (Wildman–Crippen LogP) is 1.42. The minimum Gasteiger partial charge on any atom is -0.381 e. The molecule has 0 radical (unpaired) electrons. The van der Waals surface area contributed by atoms with Crippen molar-refractivity contribution in [1.82, 2.24) is 4.90 Å². The third kappa shape index (κ3) is 2.97. The summed E-state index contributed by atoms with van der Waals surface area (Å²) in [6.45, 7) is 3.85. The fraction of sp³-hybridized carbons (Fsp3) is 0.667. The van der Waals surface area contributed by atoms with E-state index < -0.39 is 0 Å². The molecule has 0 aromatic carbocycles. The third-order valence-corrected chi connectivity index (χ3v) is 1.57. The van der Waals surface area contributed by atoms with Crippen molar-refractivity contribution in [3.8, 4) is 0 Å². The molecule has 0 unspecified atom stereocenters. The van der Waals surface area contributed by atoms with E-state index in [1.54, 1.807) is 11.8 Å². The molecule has 0 atom stereocenters. The number of hydrogen-bond donors (Lipinski definition) is 0. The Morgan fingerprint density at radius 2 is 2.12 bits per heavy atom. The van der Waals surface area contributed by atoms with Gasteiger partial charge in [-0.3, -0.25) is 0 Å². The maximum Gasteiger partial charge on any atom is 0.0325 e. The highest BCUT2D eigenvalue weighted by molar-refractivity contribution is 7.98. The molecule has 0 aromatic heterocycles. The van der Waals surface area contributed by atoms with Crippen molar-refractivity contribution in [2.45, 2.75) is 0 Å². The third-order valence-electron chi connectivity index (χ3n) is 0.943. The summed E-state index contributed by atoms with van der Waals surface area (Å²) in [5.74, 6) is 1.03. The van der Waals surface area contributed by atoms with Crippen LogP contribution in [0.1, 0.15) is 0 Å². The van der Waals surface area contributed by atoms with E-state index in [9.17, 15) is 0 Å². The summed E-state index contributed by atoms with van der Waals surface area (Å²) in [5, 5.41) is 0. The highest BCUT2D eigenvalue weighted by Crippen LogP contribution is 2.02. The Hall–Kier alpha value is -0.110. The average molecular weight is 131 g/mol. The summed E-state index contributed by atoms with van der Waals surface area (Å²) in [6, 6.07) is 0. The van der Waals surface area contributed by atoms with Crippen LogP contribution in [0.4, 0.5) is 0 Å². The molecule has 0 heterocycles. The van der Waals surface area contributed by atoms with E-state index in [1.807, 2.05) is 19.0 Å². The molecule has 0 fully saturated rings. The summed E-state index contributed by atoms with van der Waals surface area (Å²) in [7, 11) is 4.02. The van der Waals surface area contributed by atoms with Gasteiger partial charge in [0, 0.05) is 25.5 Å². The highest BCUT2D eigenvalue weighted by atomic mass is 32.2. The molecular formula is C6H13NS. The van der Waals surface area contributed by atoms with E-state index in [4.69, 9.17) is 0 Å². The first-order chi connectivity index (χ1) is 3.68. The lowest BCUT2D eigenvalue weighted by atomic mass is 10.5. The molecule has 2 heteroatoms. The van der Waals surface area contributed by atoms with Crippen LogP contribution in [0.2, 0.25) is 0 Å². The summed E-state index contributed by atoms with van der Waals surface area (Å²) in [6.07, 6.45) is 2.08. The quantitative estimate of drug-likeness (QED) is 0.570. The highest BCUT2D eigenvalue weighted by Gasteiger charge is 1.91. The van der Waals surface area contributed by atoms with Crippen molar-refractivity contribution in [2.24, 2.45) is 0 Å². The number of thioether (sulfide) groups is 1. The molecule has 0 aromatic rings. The molecule has 0 amide bonds. The summed E-state index contributed by atoms with van der Waals surface area (Å²) >= 11 is 1.80. The second-order valence-electron chi connectivity index (χ2n) is 1.89. The van der Waals surface area contributed by atoms with E-state index in [1.165, 1.54) is 5.70 Å². The van der Waals surface area contributed by atoms with Crippen LogP contribution in [0, 0.1) is 0 Å². The van der Waals surface area contributed by atoms with Crippen LogP contribution < -0.4 is 0 Å². The van der Waals surface area contributed by atoms with Crippen LogP contribution in [0.3, 0.4) is 0 Å². The van der Waals surface area contributed by atoms with E-state index >= 15 is 0 Å². The zero-order valence-corrected chi connectivity index (χ0v) is 6.59. The predicted molar refractivity (Wildman–Crippen MR) is 41.2 cm³/mol. The Bertz CT molecular complexity index is 78.6. The first-order valence-electron chi connectivity index (χ1n) is 2.52. The second-order valence-corrected chi connectivity index (χ2v) is 2.76. The molecule has 8 heavy (non-hydrogen) atoms. The first-order valence-corrected chi connectivity index (χ1v) is 3.92. The molecule has 0 aliphatic heterocycles. The van der Waals surface area contributed by atoms with E-state index in [0.717, 1.165) is 5.75 Å². The van der Waals surface area contributed by atoms with Gasteiger partial charge in [0.1, 0.15) is 0 Å². The molecule has 0 aliphatic carbocycles. The maximum absolute atomic E-state index is 3.85. The van der Waals surface area contributed by atoms with Crippen molar-refractivity contribution in [1.29, 1.82) is 0 Å². The van der Waals surface area contributed by atoms with Gasteiger partial charge in [0.15, 0.2) is 0 Å². The van der Waals surface area contributed by atoms with Gasteiger partial charge in [0.2, 0.25) is 0 Å². The van der Waals surface area contributed by atoms with E-state index in [-0.39, 0.29) is 0 Å².